The summed E-state index contributed by atoms with van der Waals surface area (Å²) in [6.07, 6.45) is 0. The quantitative estimate of drug-likeness (QED) is 0.734. The van der Waals surface area contributed by atoms with Gasteiger partial charge in [0.1, 0.15) is 11.5 Å². The number of H-pyrrole nitrogens is 1. The second kappa shape index (κ2) is 5.40. The molecule has 0 aliphatic rings. The highest BCUT2D eigenvalue weighted by molar-refractivity contribution is 6.08. The van der Waals surface area contributed by atoms with Crippen LogP contribution in [0.3, 0.4) is 0 Å². The SMILES string of the molecule is CCOC(=O)c1[nH]c2ccc(F)cc2c1-c1ccccc1. The predicted octanol–water partition coefficient (Wildman–Crippen LogP) is 4.15. The summed E-state index contributed by atoms with van der Waals surface area (Å²) in [6, 6.07) is 13.8. The summed E-state index contributed by atoms with van der Waals surface area (Å²) >= 11 is 0. The molecule has 0 spiro atoms. The van der Waals surface area contributed by atoms with E-state index in [1.807, 2.05) is 30.3 Å². The van der Waals surface area contributed by atoms with Gasteiger partial charge in [-0.15, -0.1) is 0 Å². The van der Waals surface area contributed by atoms with Crippen LogP contribution in [0.4, 0.5) is 4.39 Å². The Bertz CT molecular complexity index is 793. The first-order chi connectivity index (χ1) is 10.2. The van der Waals surface area contributed by atoms with E-state index in [1.54, 1.807) is 13.0 Å². The Kier molecular flexibility index (Phi) is 3.44. The molecule has 3 aromatic rings. The fourth-order valence-corrected chi connectivity index (χ4v) is 2.43. The smallest absolute Gasteiger partial charge is 0.355 e. The fraction of sp³-hybridized carbons (Fsp3) is 0.118. The molecule has 4 heteroatoms. The Morgan fingerprint density at radius 2 is 1.95 bits per heavy atom. The normalized spacial score (nSPS) is 10.8. The Morgan fingerprint density at radius 1 is 1.19 bits per heavy atom. The first-order valence-electron chi connectivity index (χ1n) is 6.74. The van der Waals surface area contributed by atoms with Crippen molar-refractivity contribution in [2.75, 3.05) is 6.61 Å². The van der Waals surface area contributed by atoms with Crippen LogP contribution in [0.1, 0.15) is 17.4 Å². The molecule has 0 aliphatic carbocycles. The van der Waals surface area contributed by atoms with Crippen molar-refractivity contribution in [2.24, 2.45) is 0 Å². The molecular formula is C17H14FNO2. The molecule has 0 saturated heterocycles. The Labute approximate surface area is 121 Å². The Morgan fingerprint density at radius 3 is 2.67 bits per heavy atom. The van der Waals surface area contributed by atoms with Crippen molar-refractivity contribution in [2.45, 2.75) is 6.92 Å². The van der Waals surface area contributed by atoms with Crippen LogP contribution in [0.5, 0.6) is 0 Å². The monoisotopic (exact) mass is 283 g/mol. The lowest BCUT2D eigenvalue weighted by Gasteiger charge is -2.04. The van der Waals surface area contributed by atoms with Crippen molar-refractivity contribution in [1.29, 1.82) is 0 Å². The maximum atomic E-state index is 13.6. The van der Waals surface area contributed by atoms with Crippen molar-refractivity contribution < 1.29 is 13.9 Å². The lowest BCUT2D eigenvalue weighted by molar-refractivity contribution is 0.0521. The lowest BCUT2D eigenvalue weighted by atomic mass is 10.0. The standard InChI is InChI=1S/C17H14FNO2/c1-2-21-17(20)16-15(11-6-4-3-5-7-11)13-10-12(18)8-9-14(13)19-16/h3-10,19H,2H2,1H3. The Hall–Kier alpha value is -2.62. The lowest BCUT2D eigenvalue weighted by Crippen LogP contribution is -2.06. The van der Waals surface area contributed by atoms with Gasteiger partial charge in [0, 0.05) is 16.5 Å². The maximum absolute atomic E-state index is 13.6. The van der Waals surface area contributed by atoms with Crippen LogP contribution in [0.25, 0.3) is 22.0 Å². The largest absolute Gasteiger partial charge is 0.461 e. The second-order valence-electron chi connectivity index (χ2n) is 4.65. The van der Waals surface area contributed by atoms with Gasteiger partial charge in [-0.25, -0.2) is 9.18 Å². The Balaban J connectivity index is 2.29. The molecule has 1 heterocycles. The van der Waals surface area contributed by atoms with Crippen molar-refractivity contribution in [3.8, 4) is 11.1 Å². The van der Waals surface area contributed by atoms with Gasteiger partial charge in [-0.1, -0.05) is 30.3 Å². The van der Waals surface area contributed by atoms with Gasteiger partial charge in [-0.2, -0.15) is 0 Å². The number of fused-ring (bicyclic) bond motifs is 1. The van der Waals surface area contributed by atoms with Gasteiger partial charge in [0.15, 0.2) is 0 Å². The van der Waals surface area contributed by atoms with Gasteiger partial charge >= 0.3 is 5.97 Å². The van der Waals surface area contributed by atoms with E-state index >= 15 is 0 Å². The van der Waals surface area contributed by atoms with E-state index in [2.05, 4.69) is 4.98 Å². The third-order valence-electron chi connectivity index (χ3n) is 3.30. The number of halogens is 1. The molecule has 2 aromatic carbocycles. The van der Waals surface area contributed by atoms with Gasteiger partial charge in [0.2, 0.25) is 0 Å². The van der Waals surface area contributed by atoms with Crippen molar-refractivity contribution >= 4 is 16.9 Å². The predicted molar refractivity (Wildman–Crippen MR) is 79.6 cm³/mol. The molecule has 106 valence electrons. The molecule has 0 atom stereocenters. The average Bonchev–Trinajstić information content (AvgIpc) is 2.87. The highest BCUT2D eigenvalue weighted by atomic mass is 19.1. The number of esters is 1. The molecule has 0 radical (unpaired) electrons. The van der Waals surface area contributed by atoms with E-state index in [1.165, 1.54) is 12.1 Å². The first kappa shape index (κ1) is 13.4. The maximum Gasteiger partial charge on any atom is 0.355 e. The van der Waals surface area contributed by atoms with Crippen LogP contribution in [0.2, 0.25) is 0 Å². The average molecular weight is 283 g/mol. The van der Waals surface area contributed by atoms with Gasteiger partial charge in [0.05, 0.1) is 6.61 Å². The van der Waals surface area contributed by atoms with Crippen molar-refractivity contribution in [1.82, 2.24) is 4.98 Å². The number of rotatable bonds is 3. The number of hydrogen-bond acceptors (Lipinski definition) is 2. The molecule has 0 aliphatic heterocycles. The molecule has 3 rings (SSSR count). The highest BCUT2D eigenvalue weighted by Gasteiger charge is 2.20. The van der Waals surface area contributed by atoms with E-state index in [-0.39, 0.29) is 12.4 Å². The zero-order chi connectivity index (χ0) is 14.8. The molecule has 0 bridgehead atoms. The zero-order valence-electron chi connectivity index (χ0n) is 11.5. The van der Waals surface area contributed by atoms with Crippen LogP contribution in [0, 0.1) is 5.82 Å². The molecule has 1 aromatic heterocycles. The molecule has 3 nitrogen and oxygen atoms in total. The summed E-state index contributed by atoms with van der Waals surface area (Å²) in [7, 11) is 0. The summed E-state index contributed by atoms with van der Waals surface area (Å²) in [5.74, 6) is -0.776. The second-order valence-corrected chi connectivity index (χ2v) is 4.65. The van der Waals surface area contributed by atoms with Crippen LogP contribution >= 0.6 is 0 Å². The molecule has 21 heavy (non-hydrogen) atoms. The van der Waals surface area contributed by atoms with Crippen LogP contribution in [-0.2, 0) is 4.74 Å². The number of carbonyl (C=O) groups is 1. The minimum Gasteiger partial charge on any atom is -0.461 e. The van der Waals surface area contributed by atoms with Gasteiger partial charge in [0.25, 0.3) is 0 Å². The third-order valence-corrected chi connectivity index (χ3v) is 3.30. The third kappa shape index (κ3) is 2.40. The number of hydrogen-bond donors (Lipinski definition) is 1. The van der Waals surface area contributed by atoms with E-state index < -0.39 is 5.97 Å². The van der Waals surface area contributed by atoms with Crippen LogP contribution < -0.4 is 0 Å². The molecular weight excluding hydrogens is 269 g/mol. The summed E-state index contributed by atoms with van der Waals surface area (Å²) < 4.78 is 18.6. The van der Waals surface area contributed by atoms with Gasteiger partial charge in [-0.05, 0) is 30.7 Å². The van der Waals surface area contributed by atoms with Gasteiger partial charge in [-0.3, -0.25) is 0 Å². The molecule has 0 fully saturated rings. The zero-order valence-corrected chi connectivity index (χ0v) is 11.5. The number of aromatic nitrogens is 1. The van der Waals surface area contributed by atoms with E-state index in [9.17, 15) is 9.18 Å². The van der Waals surface area contributed by atoms with E-state index in [0.717, 1.165) is 5.56 Å². The van der Waals surface area contributed by atoms with Crippen molar-refractivity contribution in [3.05, 3.63) is 60.0 Å². The van der Waals surface area contributed by atoms with E-state index in [0.29, 0.717) is 22.2 Å². The number of nitrogens with one attached hydrogen (secondary N) is 1. The van der Waals surface area contributed by atoms with E-state index in [4.69, 9.17) is 4.74 Å². The molecule has 0 amide bonds. The van der Waals surface area contributed by atoms with Crippen LogP contribution in [0.15, 0.2) is 48.5 Å². The van der Waals surface area contributed by atoms with Crippen LogP contribution in [-0.4, -0.2) is 17.6 Å². The number of benzene rings is 2. The molecule has 1 N–H and O–H groups in total. The minimum absolute atomic E-state index is 0.288. The molecule has 0 saturated carbocycles. The van der Waals surface area contributed by atoms with Gasteiger partial charge < -0.3 is 9.72 Å². The topological polar surface area (TPSA) is 42.1 Å². The number of ether oxygens (including phenoxy) is 1. The molecule has 0 unspecified atom stereocenters. The summed E-state index contributed by atoms with van der Waals surface area (Å²) in [4.78, 5) is 15.2. The highest BCUT2D eigenvalue weighted by Crippen LogP contribution is 2.33. The van der Waals surface area contributed by atoms with Crippen molar-refractivity contribution in [3.63, 3.8) is 0 Å². The summed E-state index contributed by atoms with van der Waals surface area (Å²) in [6.45, 7) is 2.04. The summed E-state index contributed by atoms with van der Waals surface area (Å²) in [5, 5.41) is 0.671. The summed E-state index contributed by atoms with van der Waals surface area (Å²) in [5.41, 5.74) is 2.57. The fourth-order valence-electron chi connectivity index (χ4n) is 2.43. The minimum atomic E-state index is -0.437. The number of carbonyl (C=O) groups excluding carboxylic acids is 1. The number of aromatic amines is 1. The first-order valence-corrected chi connectivity index (χ1v) is 6.74.